The molecule has 1 aliphatic rings. The van der Waals surface area contributed by atoms with Crippen LogP contribution in [-0.2, 0) is 6.42 Å². The van der Waals surface area contributed by atoms with Gasteiger partial charge in [0, 0.05) is 38.8 Å². The maximum Gasteiger partial charge on any atom is 0.273 e. The molecular formula is C16H17ClF2N4O. The SMILES string of the molecule is O=C(c1[nH]ncc1Cl)N1CCN(CCc2ccc(F)cc2F)CC1. The first kappa shape index (κ1) is 16.9. The van der Waals surface area contributed by atoms with Crippen molar-refractivity contribution in [3.8, 4) is 0 Å². The summed E-state index contributed by atoms with van der Waals surface area (Å²) in [5.74, 6) is -1.25. The Labute approximate surface area is 143 Å². The molecule has 0 saturated carbocycles. The fourth-order valence-electron chi connectivity index (χ4n) is 2.76. The number of benzene rings is 1. The van der Waals surface area contributed by atoms with Gasteiger partial charge in [0.15, 0.2) is 0 Å². The number of halogens is 3. The lowest BCUT2D eigenvalue weighted by atomic mass is 10.1. The Kier molecular flexibility index (Phi) is 5.11. The van der Waals surface area contributed by atoms with Crippen molar-refractivity contribution >= 4 is 17.5 Å². The third kappa shape index (κ3) is 3.73. The number of carbonyl (C=O) groups is 1. The van der Waals surface area contributed by atoms with Crippen molar-refractivity contribution in [1.29, 1.82) is 0 Å². The van der Waals surface area contributed by atoms with E-state index in [-0.39, 0.29) is 5.91 Å². The summed E-state index contributed by atoms with van der Waals surface area (Å²) in [4.78, 5) is 16.2. The van der Waals surface area contributed by atoms with Gasteiger partial charge in [-0.3, -0.25) is 14.8 Å². The van der Waals surface area contributed by atoms with E-state index in [1.807, 2.05) is 0 Å². The lowest BCUT2D eigenvalue weighted by molar-refractivity contribution is 0.0632. The molecule has 1 N–H and O–H groups in total. The molecule has 0 bridgehead atoms. The van der Waals surface area contributed by atoms with E-state index in [1.165, 1.54) is 18.3 Å². The fourth-order valence-corrected chi connectivity index (χ4v) is 2.93. The molecule has 128 valence electrons. The van der Waals surface area contributed by atoms with Gasteiger partial charge in [-0.25, -0.2) is 8.78 Å². The highest BCUT2D eigenvalue weighted by atomic mass is 35.5. The van der Waals surface area contributed by atoms with E-state index < -0.39 is 11.6 Å². The maximum atomic E-state index is 13.6. The number of nitrogens with zero attached hydrogens (tertiary/aromatic N) is 3. The molecule has 0 unspecified atom stereocenters. The predicted octanol–water partition coefficient (Wildman–Crippen LogP) is 2.34. The number of rotatable bonds is 4. The molecule has 1 aliphatic heterocycles. The minimum Gasteiger partial charge on any atom is -0.335 e. The van der Waals surface area contributed by atoms with Gasteiger partial charge in [-0.05, 0) is 18.1 Å². The van der Waals surface area contributed by atoms with Crippen LogP contribution in [0.5, 0.6) is 0 Å². The van der Waals surface area contributed by atoms with Crippen molar-refractivity contribution in [3.05, 3.63) is 52.3 Å². The largest absolute Gasteiger partial charge is 0.335 e. The highest BCUT2D eigenvalue weighted by Crippen LogP contribution is 2.16. The molecular weight excluding hydrogens is 338 g/mol. The van der Waals surface area contributed by atoms with Gasteiger partial charge in [0.05, 0.1) is 11.2 Å². The third-order valence-electron chi connectivity index (χ3n) is 4.18. The van der Waals surface area contributed by atoms with Gasteiger partial charge in [-0.15, -0.1) is 0 Å². The van der Waals surface area contributed by atoms with E-state index in [4.69, 9.17) is 11.6 Å². The van der Waals surface area contributed by atoms with Gasteiger partial charge in [-0.1, -0.05) is 17.7 Å². The standard InChI is InChI=1S/C16H17ClF2N4O/c17-13-10-20-21-15(13)16(24)23-7-5-22(6-8-23)4-3-11-1-2-12(18)9-14(11)19/h1-2,9-10H,3-8H2,(H,20,21). The van der Waals surface area contributed by atoms with Crippen molar-refractivity contribution in [2.75, 3.05) is 32.7 Å². The van der Waals surface area contributed by atoms with Crippen LogP contribution in [-0.4, -0.2) is 58.6 Å². The molecule has 3 rings (SSSR count). The number of amides is 1. The predicted molar refractivity (Wildman–Crippen MR) is 86.0 cm³/mol. The van der Waals surface area contributed by atoms with Crippen LogP contribution in [0.2, 0.25) is 5.02 Å². The summed E-state index contributed by atoms with van der Waals surface area (Å²) in [5.41, 5.74) is 0.803. The molecule has 2 heterocycles. The Bertz CT molecular complexity index is 729. The smallest absolute Gasteiger partial charge is 0.273 e. The molecule has 0 aliphatic carbocycles. The fraction of sp³-hybridized carbons (Fsp3) is 0.375. The van der Waals surface area contributed by atoms with Crippen molar-refractivity contribution in [2.24, 2.45) is 0 Å². The summed E-state index contributed by atoms with van der Waals surface area (Å²) in [6.45, 7) is 3.19. The second-order valence-corrected chi connectivity index (χ2v) is 6.12. The number of aromatic amines is 1. The second kappa shape index (κ2) is 7.27. The Morgan fingerprint density at radius 2 is 2.00 bits per heavy atom. The van der Waals surface area contributed by atoms with Crippen LogP contribution in [0, 0.1) is 11.6 Å². The molecule has 1 amide bonds. The highest BCUT2D eigenvalue weighted by Gasteiger charge is 2.24. The van der Waals surface area contributed by atoms with Crippen molar-refractivity contribution in [2.45, 2.75) is 6.42 Å². The first-order valence-electron chi connectivity index (χ1n) is 7.69. The molecule has 8 heteroatoms. The summed E-state index contributed by atoms with van der Waals surface area (Å²) in [5, 5.41) is 6.68. The van der Waals surface area contributed by atoms with Gasteiger partial charge in [0.1, 0.15) is 17.3 Å². The number of H-pyrrole nitrogens is 1. The summed E-state index contributed by atoms with van der Waals surface area (Å²) < 4.78 is 26.5. The number of piperazine rings is 1. The number of aromatic nitrogens is 2. The first-order valence-corrected chi connectivity index (χ1v) is 8.07. The van der Waals surface area contributed by atoms with Crippen LogP contribution in [0.3, 0.4) is 0 Å². The first-order chi connectivity index (χ1) is 11.5. The number of nitrogens with one attached hydrogen (secondary N) is 1. The van der Waals surface area contributed by atoms with E-state index in [0.29, 0.717) is 55.4 Å². The number of hydrogen-bond donors (Lipinski definition) is 1. The zero-order valence-electron chi connectivity index (χ0n) is 12.9. The van der Waals surface area contributed by atoms with Crippen molar-refractivity contribution < 1.29 is 13.6 Å². The number of hydrogen-bond acceptors (Lipinski definition) is 3. The average Bonchev–Trinajstić information content (AvgIpc) is 3.00. The maximum absolute atomic E-state index is 13.6. The molecule has 0 atom stereocenters. The minimum absolute atomic E-state index is 0.165. The van der Waals surface area contributed by atoms with Crippen LogP contribution in [0.4, 0.5) is 8.78 Å². The summed E-state index contributed by atoms with van der Waals surface area (Å²) >= 11 is 5.91. The topological polar surface area (TPSA) is 52.2 Å². The molecule has 24 heavy (non-hydrogen) atoms. The minimum atomic E-state index is -0.569. The molecule has 1 saturated heterocycles. The normalized spacial score (nSPS) is 15.7. The van der Waals surface area contributed by atoms with Gasteiger partial charge < -0.3 is 4.90 Å². The van der Waals surface area contributed by atoms with Crippen molar-refractivity contribution in [1.82, 2.24) is 20.0 Å². The molecule has 1 fully saturated rings. The third-order valence-corrected chi connectivity index (χ3v) is 4.47. The van der Waals surface area contributed by atoms with Crippen LogP contribution in [0.1, 0.15) is 16.1 Å². The molecule has 0 spiro atoms. The van der Waals surface area contributed by atoms with E-state index >= 15 is 0 Å². The summed E-state index contributed by atoms with van der Waals surface area (Å²) in [6, 6.07) is 3.65. The quantitative estimate of drug-likeness (QED) is 0.917. The van der Waals surface area contributed by atoms with Gasteiger partial charge in [-0.2, -0.15) is 5.10 Å². The Morgan fingerprint density at radius 1 is 1.25 bits per heavy atom. The van der Waals surface area contributed by atoms with Gasteiger partial charge in [0.25, 0.3) is 5.91 Å². The van der Waals surface area contributed by atoms with E-state index in [0.717, 1.165) is 6.07 Å². The summed E-state index contributed by atoms with van der Waals surface area (Å²) in [6.07, 6.45) is 1.91. The Morgan fingerprint density at radius 3 is 2.62 bits per heavy atom. The van der Waals surface area contributed by atoms with Crippen LogP contribution < -0.4 is 0 Å². The zero-order chi connectivity index (χ0) is 17.1. The highest BCUT2D eigenvalue weighted by molar-refractivity contribution is 6.33. The summed E-state index contributed by atoms with van der Waals surface area (Å²) in [7, 11) is 0. The zero-order valence-corrected chi connectivity index (χ0v) is 13.7. The molecule has 5 nitrogen and oxygen atoms in total. The lowest BCUT2D eigenvalue weighted by Crippen LogP contribution is -2.49. The van der Waals surface area contributed by atoms with Crippen LogP contribution in [0.25, 0.3) is 0 Å². The van der Waals surface area contributed by atoms with E-state index in [9.17, 15) is 13.6 Å². The van der Waals surface area contributed by atoms with E-state index in [1.54, 1.807) is 4.90 Å². The lowest BCUT2D eigenvalue weighted by Gasteiger charge is -2.34. The van der Waals surface area contributed by atoms with Crippen LogP contribution >= 0.6 is 11.6 Å². The Hall–Kier alpha value is -1.99. The average molecular weight is 355 g/mol. The molecule has 0 radical (unpaired) electrons. The number of carbonyl (C=O) groups excluding carboxylic acids is 1. The second-order valence-electron chi connectivity index (χ2n) is 5.71. The van der Waals surface area contributed by atoms with E-state index in [2.05, 4.69) is 15.1 Å². The van der Waals surface area contributed by atoms with Crippen LogP contribution in [0.15, 0.2) is 24.4 Å². The monoisotopic (exact) mass is 354 g/mol. The molecule has 1 aromatic heterocycles. The Balaban J connectivity index is 1.50. The van der Waals surface area contributed by atoms with Crippen molar-refractivity contribution in [3.63, 3.8) is 0 Å². The van der Waals surface area contributed by atoms with Gasteiger partial charge in [0.2, 0.25) is 0 Å². The molecule has 1 aromatic carbocycles. The van der Waals surface area contributed by atoms with Gasteiger partial charge >= 0.3 is 0 Å². The molecule has 2 aromatic rings.